The zero-order valence-electron chi connectivity index (χ0n) is 10.5. The molecule has 0 radical (unpaired) electrons. The van der Waals surface area contributed by atoms with Crippen LogP contribution in [0, 0.1) is 0 Å². The van der Waals surface area contributed by atoms with Crippen LogP contribution >= 0.6 is 11.6 Å². The number of carbonyl (C=O) groups is 1. The van der Waals surface area contributed by atoms with Crippen molar-refractivity contribution in [2.75, 3.05) is 6.79 Å². The molecule has 1 aliphatic heterocycles. The molecule has 5 heteroatoms. The fourth-order valence-corrected chi connectivity index (χ4v) is 2.04. The molecule has 20 heavy (non-hydrogen) atoms. The molecule has 0 spiro atoms. The van der Waals surface area contributed by atoms with Gasteiger partial charge in [-0.1, -0.05) is 30.3 Å². The molecular formula is C15H11ClO4. The van der Waals surface area contributed by atoms with E-state index in [9.17, 15) is 4.79 Å². The monoisotopic (exact) mass is 290 g/mol. The third-order valence-corrected chi connectivity index (χ3v) is 3.12. The molecule has 1 heterocycles. The van der Waals surface area contributed by atoms with E-state index in [1.165, 1.54) is 0 Å². The molecule has 2 aromatic carbocycles. The molecule has 102 valence electrons. The Bertz CT molecular complexity index is 640. The minimum Gasteiger partial charge on any atom is -0.485 e. The van der Waals surface area contributed by atoms with Gasteiger partial charge in [-0.2, -0.15) is 0 Å². The van der Waals surface area contributed by atoms with Crippen LogP contribution in [0.15, 0.2) is 42.5 Å². The highest BCUT2D eigenvalue weighted by atomic mass is 35.5. The smallest absolute Gasteiger partial charge is 0.252 e. The van der Waals surface area contributed by atoms with Crippen molar-refractivity contribution < 1.29 is 19.0 Å². The van der Waals surface area contributed by atoms with E-state index in [0.29, 0.717) is 29.4 Å². The molecule has 2 aromatic rings. The molecule has 3 rings (SSSR count). The van der Waals surface area contributed by atoms with Crippen LogP contribution in [-0.4, -0.2) is 12.0 Å². The summed E-state index contributed by atoms with van der Waals surface area (Å²) in [5.74, 6) is 1.43. The third-order valence-electron chi connectivity index (χ3n) is 2.90. The van der Waals surface area contributed by atoms with Crippen molar-refractivity contribution in [3.63, 3.8) is 0 Å². The Balaban J connectivity index is 1.87. The number of hydrogen-bond acceptors (Lipinski definition) is 4. The lowest BCUT2D eigenvalue weighted by Crippen LogP contribution is -1.98. The van der Waals surface area contributed by atoms with Crippen LogP contribution in [0.3, 0.4) is 0 Å². The van der Waals surface area contributed by atoms with E-state index >= 15 is 0 Å². The Kier molecular flexibility index (Phi) is 3.48. The molecular weight excluding hydrogens is 280 g/mol. The highest BCUT2D eigenvalue weighted by Gasteiger charge is 2.22. The van der Waals surface area contributed by atoms with Crippen LogP contribution in [-0.2, 0) is 6.61 Å². The van der Waals surface area contributed by atoms with E-state index in [4.69, 9.17) is 25.8 Å². The number of halogens is 1. The van der Waals surface area contributed by atoms with Crippen molar-refractivity contribution >= 4 is 16.8 Å². The topological polar surface area (TPSA) is 44.8 Å². The number of fused-ring (bicyclic) bond motifs is 1. The third kappa shape index (κ3) is 2.56. The second kappa shape index (κ2) is 5.43. The van der Waals surface area contributed by atoms with E-state index < -0.39 is 5.24 Å². The van der Waals surface area contributed by atoms with Gasteiger partial charge in [-0.3, -0.25) is 4.79 Å². The van der Waals surface area contributed by atoms with E-state index in [2.05, 4.69) is 0 Å². The quantitative estimate of drug-likeness (QED) is 0.810. The van der Waals surface area contributed by atoms with Crippen LogP contribution in [0.5, 0.6) is 17.2 Å². The van der Waals surface area contributed by atoms with Gasteiger partial charge in [0.2, 0.25) is 12.5 Å². The molecule has 1 aliphatic rings. The second-order valence-corrected chi connectivity index (χ2v) is 4.60. The maximum absolute atomic E-state index is 11.3. The Morgan fingerprint density at radius 2 is 2.00 bits per heavy atom. The molecule has 0 atom stereocenters. The van der Waals surface area contributed by atoms with Crippen molar-refractivity contribution in [2.45, 2.75) is 6.61 Å². The molecule has 0 N–H and O–H groups in total. The second-order valence-electron chi connectivity index (χ2n) is 4.26. The fraction of sp³-hybridized carbons (Fsp3) is 0.133. The molecule has 0 unspecified atom stereocenters. The van der Waals surface area contributed by atoms with E-state index in [1.807, 2.05) is 30.3 Å². The van der Waals surface area contributed by atoms with Crippen LogP contribution in [0.4, 0.5) is 0 Å². The van der Waals surface area contributed by atoms with E-state index in [1.54, 1.807) is 12.1 Å². The number of ether oxygens (including phenoxy) is 3. The highest BCUT2D eigenvalue weighted by Crippen LogP contribution is 2.42. The first kappa shape index (κ1) is 12.8. The zero-order chi connectivity index (χ0) is 13.9. The van der Waals surface area contributed by atoms with Gasteiger partial charge in [0.15, 0.2) is 11.5 Å². The molecule has 0 saturated heterocycles. The van der Waals surface area contributed by atoms with Gasteiger partial charge in [-0.05, 0) is 29.3 Å². The summed E-state index contributed by atoms with van der Waals surface area (Å²) >= 11 is 5.50. The maximum atomic E-state index is 11.3. The van der Waals surface area contributed by atoms with Gasteiger partial charge in [0, 0.05) is 5.56 Å². The average molecular weight is 291 g/mol. The normalized spacial score (nSPS) is 12.2. The first-order valence-corrected chi connectivity index (χ1v) is 6.42. The summed E-state index contributed by atoms with van der Waals surface area (Å²) < 4.78 is 16.3. The first-order chi connectivity index (χ1) is 9.74. The number of benzene rings is 2. The van der Waals surface area contributed by atoms with Crippen molar-refractivity contribution in [3.05, 3.63) is 53.6 Å². The molecule has 0 amide bonds. The van der Waals surface area contributed by atoms with Gasteiger partial charge in [-0.15, -0.1) is 0 Å². The molecule has 0 aliphatic carbocycles. The van der Waals surface area contributed by atoms with Crippen LogP contribution in [0.2, 0.25) is 0 Å². The summed E-state index contributed by atoms with van der Waals surface area (Å²) in [7, 11) is 0. The zero-order valence-corrected chi connectivity index (χ0v) is 11.2. The lowest BCUT2D eigenvalue weighted by Gasteiger charge is -2.10. The predicted octanol–water partition coefficient (Wildman–Crippen LogP) is 3.37. The van der Waals surface area contributed by atoms with Crippen molar-refractivity contribution in [1.29, 1.82) is 0 Å². The van der Waals surface area contributed by atoms with Crippen molar-refractivity contribution in [2.24, 2.45) is 0 Å². The molecule has 4 nitrogen and oxygen atoms in total. The Morgan fingerprint density at radius 3 is 2.75 bits per heavy atom. The lowest BCUT2D eigenvalue weighted by atomic mass is 10.2. The fourth-order valence-electron chi connectivity index (χ4n) is 1.93. The summed E-state index contributed by atoms with van der Waals surface area (Å²) in [6.07, 6.45) is 0. The summed E-state index contributed by atoms with van der Waals surface area (Å²) in [5, 5.41) is -0.562. The largest absolute Gasteiger partial charge is 0.485 e. The van der Waals surface area contributed by atoms with Gasteiger partial charge in [0.1, 0.15) is 6.61 Å². The first-order valence-electron chi connectivity index (χ1n) is 6.04. The summed E-state index contributed by atoms with van der Waals surface area (Å²) in [4.78, 5) is 11.3. The summed E-state index contributed by atoms with van der Waals surface area (Å²) in [5.41, 5.74) is 1.33. The molecule has 0 bridgehead atoms. The standard InChI is InChI=1S/C15H11ClO4/c16-15(17)11-6-12(14-13(7-11)19-9-20-14)18-8-10-4-2-1-3-5-10/h1-7H,8-9H2. The van der Waals surface area contributed by atoms with Crippen LogP contribution in [0.1, 0.15) is 15.9 Å². The predicted molar refractivity (Wildman–Crippen MR) is 73.5 cm³/mol. The van der Waals surface area contributed by atoms with Gasteiger partial charge in [0.05, 0.1) is 0 Å². The minimum absolute atomic E-state index is 0.108. The van der Waals surface area contributed by atoms with Crippen LogP contribution in [0.25, 0.3) is 0 Å². The average Bonchev–Trinajstić information content (AvgIpc) is 2.94. The number of carbonyl (C=O) groups excluding carboxylic acids is 1. The SMILES string of the molecule is O=C(Cl)c1cc2c(c(OCc3ccccc3)c1)OCO2. The Labute approximate surface area is 120 Å². The molecule has 0 aromatic heterocycles. The summed E-state index contributed by atoms with van der Waals surface area (Å²) in [6, 6.07) is 12.8. The summed E-state index contributed by atoms with van der Waals surface area (Å²) in [6.45, 7) is 0.480. The van der Waals surface area contributed by atoms with Gasteiger partial charge in [0.25, 0.3) is 5.24 Å². The highest BCUT2D eigenvalue weighted by molar-refractivity contribution is 6.67. The molecule has 0 saturated carbocycles. The minimum atomic E-state index is -0.562. The van der Waals surface area contributed by atoms with E-state index in [0.717, 1.165) is 5.56 Å². The maximum Gasteiger partial charge on any atom is 0.252 e. The van der Waals surface area contributed by atoms with Gasteiger partial charge < -0.3 is 14.2 Å². The molecule has 0 fully saturated rings. The van der Waals surface area contributed by atoms with Gasteiger partial charge in [-0.25, -0.2) is 0 Å². The Hall–Kier alpha value is -2.20. The van der Waals surface area contributed by atoms with Crippen LogP contribution < -0.4 is 14.2 Å². The van der Waals surface area contributed by atoms with E-state index in [-0.39, 0.29) is 6.79 Å². The van der Waals surface area contributed by atoms with Crippen molar-refractivity contribution in [1.82, 2.24) is 0 Å². The number of rotatable bonds is 4. The van der Waals surface area contributed by atoms with Gasteiger partial charge >= 0.3 is 0 Å². The lowest BCUT2D eigenvalue weighted by molar-refractivity contribution is 0.108. The Morgan fingerprint density at radius 1 is 1.20 bits per heavy atom. The van der Waals surface area contributed by atoms with Crippen molar-refractivity contribution in [3.8, 4) is 17.2 Å². The number of hydrogen-bond donors (Lipinski definition) is 0.